The normalized spacial score (nSPS) is 11.6. The standard InChI is InChI=1S/C31H30N4O3/c1-20-12-13-26-25(16-20)21(18-33-26)14-15-32-31(37)27(34-30(36)24-9-5-7-11-29(24)38-3)17-22-19-35(2)28-10-6-4-8-23(22)28/h4-13,16-19,33H,14-15H2,1-3H3,(H,32,37)(H,34,36)/b27-17-. The number of carbonyl (C=O) groups is 2. The molecule has 0 spiro atoms. The summed E-state index contributed by atoms with van der Waals surface area (Å²) >= 11 is 0. The van der Waals surface area contributed by atoms with Crippen LogP contribution in [0.3, 0.4) is 0 Å². The Morgan fingerprint density at radius 1 is 1.03 bits per heavy atom. The predicted octanol–water partition coefficient (Wildman–Crippen LogP) is 5.11. The number of amides is 2. The molecule has 7 nitrogen and oxygen atoms in total. The van der Waals surface area contributed by atoms with Crippen molar-refractivity contribution in [2.75, 3.05) is 13.7 Å². The van der Waals surface area contributed by atoms with Gasteiger partial charge in [-0.25, -0.2) is 0 Å². The minimum absolute atomic E-state index is 0.159. The summed E-state index contributed by atoms with van der Waals surface area (Å²) in [5.74, 6) is -0.349. The van der Waals surface area contributed by atoms with Crippen LogP contribution in [0.4, 0.5) is 0 Å². The number of hydrogen-bond acceptors (Lipinski definition) is 3. The number of carbonyl (C=O) groups excluding carboxylic acids is 2. The fourth-order valence-corrected chi connectivity index (χ4v) is 4.73. The third kappa shape index (κ3) is 5.04. The Hall–Kier alpha value is -4.78. The van der Waals surface area contributed by atoms with E-state index in [4.69, 9.17) is 4.74 Å². The van der Waals surface area contributed by atoms with E-state index in [1.807, 2.05) is 48.3 Å². The lowest BCUT2D eigenvalue weighted by Gasteiger charge is -2.13. The molecule has 0 atom stereocenters. The van der Waals surface area contributed by atoms with Crippen molar-refractivity contribution in [3.8, 4) is 5.75 Å². The second-order valence-electron chi connectivity index (χ2n) is 9.29. The van der Waals surface area contributed by atoms with Gasteiger partial charge in [0.05, 0.1) is 12.7 Å². The molecule has 5 rings (SSSR count). The quantitative estimate of drug-likeness (QED) is 0.256. The van der Waals surface area contributed by atoms with E-state index in [2.05, 4.69) is 40.7 Å². The molecule has 2 heterocycles. The largest absolute Gasteiger partial charge is 0.496 e. The lowest BCUT2D eigenvalue weighted by Crippen LogP contribution is -2.35. The Labute approximate surface area is 221 Å². The van der Waals surface area contributed by atoms with Crippen LogP contribution in [0.2, 0.25) is 0 Å². The molecule has 3 aromatic carbocycles. The van der Waals surface area contributed by atoms with Crippen molar-refractivity contribution < 1.29 is 14.3 Å². The smallest absolute Gasteiger partial charge is 0.267 e. The molecular formula is C31H30N4O3. The molecule has 7 heteroatoms. The van der Waals surface area contributed by atoms with Crippen molar-refractivity contribution in [1.29, 1.82) is 0 Å². The van der Waals surface area contributed by atoms with Crippen molar-refractivity contribution in [2.24, 2.45) is 7.05 Å². The first kappa shape index (κ1) is 24.9. The van der Waals surface area contributed by atoms with E-state index in [-0.39, 0.29) is 11.6 Å². The van der Waals surface area contributed by atoms with Crippen LogP contribution in [-0.4, -0.2) is 35.0 Å². The van der Waals surface area contributed by atoms with Gasteiger partial charge in [-0.15, -0.1) is 0 Å². The maximum absolute atomic E-state index is 13.4. The molecule has 2 amide bonds. The van der Waals surface area contributed by atoms with Crippen molar-refractivity contribution in [1.82, 2.24) is 20.2 Å². The van der Waals surface area contributed by atoms with E-state index in [0.29, 0.717) is 24.3 Å². The van der Waals surface area contributed by atoms with Gasteiger partial charge in [-0.3, -0.25) is 9.59 Å². The van der Waals surface area contributed by atoms with E-state index in [9.17, 15) is 9.59 Å². The Balaban J connectivity index is 1.41. The summed E-state index contributed by atoms with van der Waals surface area (Å²) in [6.45, 7) is 2.48. The second kappa shape index (κ2) is 10.7. The predicted molar refractivity (Wildman–Crippen MR) is 151 cm³/mol. The summed E-state index contributed by atoms with van der Waals surface area (Å²) in [4.78, 5) is 29.9. The van der Waals surface area contributed by atoms with Crippen LogP contribution in [0.15, 0.2) is 84.8 Å². The molecule has 0 radical (unpaired) electrons. The first-order valence-corrected chi connectivity index (χ1v) is 12.5. The number of nitrogens with zero attached hydrogens (tertiary/aromatic N) is 1. The number of aromatic amines is 1. The second-order valence-corrected chi connectivity index (χ2v) is 9.29. The van der Waals surface area contributed by atoms with Gasteiger partial charge in [-0.05, 0) is 55.3 Å². The van der Waals surface area contributed by atoms with Gasteiger partial charge in [0.2, 0.25) is 0 Å². The van der Waals surface area contributed by atoms with Gasteiger partial charge < -0.3 is 24.9 Å². The van der Waals surface area contributed by atoms with E-state index in [1.54, 1.807) is 30.3 Å². The molecule has 5 aromatic rings. The number of fused-ring (bicyclic) bond motifs is 2. The number of para-hydroxylation sites is 2. The maximum atomic E-state index is 13.4. The maximum Gasteiger partial charge on any atom is 0.267 e. The van der Waals surface area contributed by atoms with Gasteiger partial charge in [-0.2, -0.15) is 0 Å². The summed E-state index contributed by atoms with van der Waals surface area (Å²) in [6.07, 6.45) is 6.30. The fourth-order valence-electron chi connectivity index (χ4n) is 4.73. The summed E-state index contributed by atoms with van der Waals surface area (Å²) in [7, 11) is 3.47. The molecule has 0 fully saturated rings. The highest BCUT2D eigenvalue weighted by Gasteiger charge is 2.18. The van der Waals surface area contributed by atoms with Crippen LogP contribution in [0.25, 0.3) is 27.9 Å². The molecule has 3 N–H and O–H groups in total. The molecule has 0 bridgehead atoms. The highest BCUT2D eigenvalue weighted by Crippen LogP contribution is 2.24. The average Bonchev–Trinajstić information content (AvgIpc) is 3.48. The summed E-state index contributed by atoms with van der Waals surface area (Å²) in [6, 6.07) is 21.1. The van der Waals surface area contributed by atoms with Crippen molar-refractivity contribution in [3.05, 3.63) is 107 Å². The molecule has 0 aliphatic carbocycles. The minimum Gasteiger partial charge on any atom is -0.496 e. The fraction of sp³-hybridized carbons (Fsp3) is 0.161. The first-order valence-electron chi connectivity index (χ1n) is 12.5. The molecule has 0 saturated heterocycles. The minimum atomic E-state index is -0.420. The number of aryl methyl sites for hydroxylation is 2. The van der Waals surface area contributed by atoms with Crippen molar-refractivity contribution >= 4 is 39.7 Å². The lowest BCUT2D eigenvalue weighted by atomic mass is 10.1. The average molecular weight is 507 g/mol. The highest BCUT2D eigenvalue weighted by molar-refractivity contribution is 6.07. The molecule has 38 heavy (non-hydrogen) atoms. The molecule has 2 aromatic heterocycles. The van der Waals surface area contributed by atoms with E-state index < -0.39 is 5.91 Å². The number of benzene rings is 3. The van der Waals surface area contributed by atoms with Crippen LogP contribution in [-0.2, 0) is 18.3 Å². The Morgan fingerprint density at radius 3 is 2.66 bits per heavy atom. The van der Waals surface area contributed by atoms with Crippen molar-refractivity contribution in [2.45, 2.75) is 13.3 Å². The van der Waals surface area contributed by atoms with Gasteiger partial charge in [0.25, 0.3) is 11.8 Å². The molecule has 192 valence electrons. The van der Waals surface area contributed by atoms with Crippen LogP contribution in [0.1, 0.15) is 27.0 Å². The highest BCUT2D eigenvalue weighted by atomic mass is 16.5. The zero-order chi connectivity index (χ0) is 26.6. The SMILES string of the molecule is COc1ccccc1C(=O)N/C(=C\c1cn(C)c2ccccc12)C(=O)NCCc1c[nH]c2ccc(C)cc12. The van der Waals surface area contributed by atoms with E-state index in [0.717, 1.165) is 32.9 Å². The lowest BCUT2D eigenvalue weighted by molar-refractivity contribution is -0.117. The number of methoxy groups -OCH3 is 1. The number of ether oxygens (including phenoxy) is 1. The first-order chi connectivity index (χ1) is 18.4. The Kier molecular flexibility index (Phi) is 7.00. The topological polar surface area (TPSA) is 88.2 Å². The monoisotopic (exact) mass is 506 g/mol. The molecule has 0 unspecified atom stereocenters. The summed E-state index contributed by atoms with van der Waals surface area (Å²) < 4.78 is 7.35. The van der Waals surface area contributed by atoms with E-state index >= 15 is 0 Å². The van der Waals surface area contributed by atoms with Gasteiger partial charge in [0, 0.05) is 53.4 Å². The molecule has 0 aliphatic rings. The van der Waals surface area contributed by atoms with Gasteiger partial charge >= 0.3 is 0 Å². The third-order valence-electron chi connectivity index (χ3n) is 6.67. The number of hydrogen-bond donors (Lipinski definition) is 3. The number of H-pyrrole nitrogens is 1. The van der Waals surface area contributed by atoms with Crippen LogP contribution >= 0.6 is 0 Å². The number of nitrogens with one attached hydrogen (secondary N) is 3. The van der Waals surface area contributed by atoms with Gasteiger partial charge in [0.15, 0.2) is 0 Å². The Bertz CT molecular complexity index is 1680. The van der Waals surface area contributed by atoms with Crippen molar-refractivity contribution in [3.63, 3.8) is 0 Å². The van der Waals surface area contributed by atoms with Gasteiger partial charge in [0.1, 0.15) is 11.4 Å². The molecular weight excluding hydrogens is 476 g/mol. The van der Waals surface area contributed by atoms with E-state index in [1.165, 1.54) is 12.7 Å². The zero-order valence-corrected chi connectivity index (χ0v) is 21.7. The Morgan fingerprint density at radius 2 is 1.82 bits per heavy atom. The third-order valence-corrected chi connectivity index (χ3v) is 6.67. The summed E-state index contributed by atoms with van der Waals surface area (Å²) in [5, 5.41) is 7.95. The summed E-state index contributed by atoms with van der Waals surface area (Å²) in [5.41, 5.74) is 5.75. The number of aromatic nitrogens is 2. The van der Waals surface area contributed by atoms with Crippen LogP contribution in [0, 0.1) is 6.92 Å². The molecule has 0 saturated carbocycles. The van der Waals surface area contributed by atoms with Crippen LogP contribution < -0.4 is 15.4 Å². The van der Waals surface area contributed by atoms with Crippen LogP contribution in [0.5, 0.6) is 5.75 Å². The zero-order valence-electron chi connectivity index (χ0n) is 21.7. The van der Waals surface area contributed by atoms with Gasteiger partial charge in [-0.1, -0.05) is 42.0 Å². The number of rotatable bonds is 8. The molecule has 0 aliphatic heterocycles.